The molecule has 2 fully saturated rings. The number of nitrogens with zero attached hydrogens (tertiary/aromatic N) is 1. The normalized spacial score (nSPS) is 26.1. The van der Waals surface area contributed by atoms with Crippen LogP contribution in [0.5, 0.6) is 0 Å². The molecule has 1 saturated carbocycles. The van der Waals surface area contributed by atoms with Gasteiger partial charge >= 0.3 is 0 Å². The topological polar surface area (TPSA) is 49.4 Å². The number of hydrogen-bond donors (Lipinski definition) is 1. The summed E-state index contributed by atoms with van der Waals surface area (Å²) in [4.78, 5) is 2.50. The van der Waals surface area contributed by atoms with Gasteiger partial charge in [0.2, 0.25) is 0 Å². The molecule has 4 nitrogen and oxygen atoms in total. The smallest absolute Gasteiger partial charge is 0.148 e. The van der Waals surface area contributed by atoms with Crippen LogP contribution in [0, 0.1) is 0 Å². The van der Waals surface area contributed by atoms with Gasteiger partial charge < -0.3 is 5.32 Å². The average Bonchev–Trinajstić information content (AvgIpc) is 2.87. The van der Waals surface area contributed by atoms with Gasteiger partial charge in [-0.25, -0.2) is 8.42 Å². The molecule has 20 heavy (non-hydrogen) atoms. The fourth-order valence-corrected chi connectivity index (χ4v) is 4.45. The summed E-state index contributed by atoms with van der Waals surface area (Å²) in [5.41, 5.74) is 0.393. The number of rotatable bonds is 5. The Morgan fingerprint density at radius 3 is 2.25 bits per heavy atom. The van der Waals surface area contributed by atoms with Crippen LogP contribution in [0.4, 0.5) is 0 Å². The minimum absolute atomic E-state index is 0.172. The molecule has 5 heteroatoms. The van der Waals surface area contributed by atoms with Crippen LogP contribution in [-0.2, 0) is 9.84 Å². The van der Waals surface area contributed by atoms with Gasteiger partial charge in [0.15, 0.2) is 0 Å². The van der Waals surface area contributed by atoms with Gasteiger partial charge in [-0.15, -0.1) is 0 Å². The molecule has 0 atom stereocenters. The molecule has 1 saturated heterocycles. The first-order valence-electron chi connectivity index (χ1n) is 8.03. The molecule has 0 radical (unpaired) electrons. The molecule has 1 aliphatic heterocycles. The largest absolute Gasteiger partial charge is 0.308 e. The Morgan fingerprint density at radius 1 is 1.15 bits per heavy atom. The van der Waals surface area contributed by atoms with Gasteiger partial charge in [0.1, 0.15) is 9.84 Å². The Labute approximate surface area is 124 Å². The Balaban J connectivity index is 2.14. The first kappa shape index (κ1) is 16.2. The average molecular weight is 302 g/mol. The van der Waals surface area contributed by atoms with Crippen molar-refractivity contribution in [2.24, 2.45) is 0 Å². The van der Waals surface area contributed by atoms with E-state index in [2.05, 4.69) is 24.1 Å². The number of piperazine rings is 1. The summed E-state index contributed by atoms with van der Waals surface area (Å²) in [6, 6.07) is 0. The first-order chi connectivity index (χ1) is 9.35. The summed E-state index contributed by atoms with van der Waals surface area (Å²) in [6.07, 6.45) is 8.55. The SMILES string of the molecule is CCC1(CC)CN(CCS(C)(=O)=O)C2(CCCC2)CN1. The third kappa shape index (κ3) is 3.37. The monoisotopic (exact) mass is 302 g/mol. The summed E-state index contributed by atoms with van der Waals surface area (Å²) in [6.45, 7) is 7.19. The molecular weight excluding hydrogens is 272 g/mol. The molecule has 118 valence electrons. The number of nitrogens with one attached hydrogen (secondary N) is 1. The highest BCUT2D eigenvalue weighted by molar-refractivity contribution is 7.90. The standard InChI is InChI=1S/C15H30N2O2S/c1-4-14(5-2)13-17(10-11-20(3,18)19)15(12-16-14)8-6-7-9-15/h16H,4-13H2,1-3H3. The highest BCUT2D eigenvalue weighted by Crippen LogP contribution is 2.39. The predicted molar refractivity (Wildman–Crippen MR) is 83.8 cm³/mol. The van der Waals surface area contributed by atoms with Crippen LogP contribution >= 0.6 is 0 Å². The lowest BCUT2D eigenvalue weighted by Crippen LogP contribution is -2.69. The molecule has 0 unspecified atom stereocenters. The third-order valence-corrected chi connectivity index (χ3v) is 6.50. The van der Waals surface area contributed by atoms with Crippen molar-refractivity contribution in [3.8, 4) is 0 Å². The van der Waals surface area contributed by atoms with Crippen molar-refractivity contribution >= 4 is 9.84 Å². The Kier molecular flexibility index (Phi) is 4.82. The lowest BCUT2D eigenvalue weighted by atomic mass is 9.82. The van der Waals surface area contributed by atoms with E-state index in [0.29, 0.717) is 6.54 Å². The van der Waals surface area contributed by atoms with E-state index < -0.39 is 9.84 Å². The van der Waals surface area contributed by atoms with E-state index >= 15 is 0 Å². The van der Waals surface area contributed by atoms with Crippen molar-refractivity contribution in [1.82, 2.24) is 10.2 Å². The van der Waals surface area contributed by atoms with Gasteiger partial charge in [0, 0.05) is 37.0 Å². The zero-order valence-corrected chi connectivity index (χ0v) is 14.1. The molecule has 0 amide bonds. The predicted octanol–water partition coefficient (Wildman–Crippen LogP) is 1.81. The van der Waals surface area contributed by atoms with Crippen molar-refractivity contribution in [2.45, 2.75) is 63.5 Å². The van der Waals surface area contributed by atoms with Gasteiger partial charge in [-0.05, 0) is 25.7 Å². The van der Waals surface area contributed by atoms with Crippen molar-refractivity contribution in [3.05, 3.63) is 0 Å². The van der Waals surface area contributed by atoms with Crippen LogP contribution in [0.25, 0.3) is 0 Å². The van der Waals surface area contributed by atoms with E-state index in [1.165, 1.54) is 31.9 Å². The Morgan fingerprint density at radius 2 is 1.75 bits per heavy atom. The minimum atomic E-state index is -2.88. The van der Waals surface area contributed by atoms with Gasteiger partial charge in [0.25, 0.3) is 0 Å². The summed E-state index contributed by atoms with van der Waals surface area (Å²) >= 11 is 0. The quantitative estimate of drug-likeness (QED) is 0.841. The first-order valence-corrected chi connectivity index (χ1v) is 10.1. The van der Waals surface area contributed by atoms with E-state index in [-0.39, 0.29) is 16.8 Å². The van der Waals surface area contributed by atoms with Crippen LogP contribution in [0.2, 0.25) is 0 Å². The Hall–Kier alpha value is -0.130. The molecule has 0 bridgehead atoms. The van der Waals surface area contributed by atoms with E-state index in [0.717, 1.165) is 25.9 Å². The van der Waals surface area contributed by atoms with Crippen molar-refractivity contribution in [2.75, 3.05) is 31.6 Å². The van der Waals surface area contributed by atoms with Gasteiger partial charge in [-0.1, -0.05) is 26.7 Å². The van der Waals surface area contributed by atoms with Crippen molar-refractivity contribution in [1.29, 1.82) is 0 Å². The van der Waals surface area contributed by atoms with Crippen molar-refractivity contribution in [3.63, 3.8) is 0 Å². The second kappa shape index (κ2) is 5.93. The van der Waals surface area contributed by atoms with Gasteiger partial charge in [0.05, 0.1) is 5.75 Å². The molecule has 0 aromatic heterocycles. The Bertz CT molecular complexity index is 423. The van der Waals surface area contributed by atoms with Crippen LogP contribution in [0.1, 0.15) is 52.4 Å². The van der Waals surface area contributed by atoms with Gasteiger partial charge in [-0.3, -0.25) is 4.90 Å². The molecule has 0 aromatic carbocycles. The molecule has 1 N–H and O–H groups in total. The maximum atomic E-state index is 11.5. The molecule has 1 spiro atoms. The van der Waals surface area contributed by atoms with Crippen LogP contribution < -0.4 is 5.32 Å². The highest BCUT2D eigenvalue weighted by atomic mass is 32.2. The highest BCUT2D eigenvalue weighted by Gasteiger charge is 2.47. The lowest BCUT2D eigenvalue weighted by Gasteiger charge is -2.53. The van der Waals surface area contributed by atoms with E-state index in [9.17, 15) is 8.42 Å². The molecular formula is C15H30N2O2S. The maximum Gasteiger partial charge on any atom is 0.148 e. The zero-order valence-electron chi connectivity index (χ0n) is 13.2. The summed E-state index contributed by atoms with van der Waals surface area (Å²) < 4.78 is 23.1. The molecule has 2 rings (SSSR count). The van der Waals surface area contributed by atoms with E-state index in [1.54, 1.807) is 0 Å². The fourth-order valence-electron chi connectivity index (χ4n) is 3.89. The molecule has 1 heterocycles. The molecule has 0 aromatic rings. The van der Waals surface area contributed by atoms with E-state index in [4.69, 9.17) is 0 Å². The van der Waals surface area contributed by atoms with Crippen LogP contribution in [0.3, 0.4) is 0 Å². The third-order valence-electron chi connectivity index (χ3n) is 5.58. The van der Waals surface area contributed by atoms with E-state index in [1.807, 2.05) is 0 Å². The lowest BCUT2D eigenvalue weighted by molar-refractivity contribution is 0.00899. The fraction of sp³-hybridized carbons (Fsp3) is 1.00. The van der Waals surface area contributed by atoms with Crippen LogP contribution in [-0.4, -0.2) is 56.0 Å². The molecule has 1 aliphatic carbocycles. The second-order valence-corrected chi connectivity index (χ2v) is 9.08. The summed E-state index contributed by atoms with van der Waals surface area (Å²) in [7, 11) is -2.88. The zero-order chi connectivity index (χ0) is 14.9. The second-order valence-electron chi connectivity index (χ2n) is 6.82. The number of sulfone groups is 1. The minimum Gasteiger partial charge on any atom is -0.308 e. The molecule has 2 aliphatic rings. The van der Waals surface area contributed by atoms with Crippen LogP contribution in [0.15, 0.2) is 0 Å². The maximum absolute atomic E-state index is 11.5. The summed E-state index contributed by atoms with van der Waals surface area (Å²) in [5, 5.41) is 3.80. The van der Waals surface area contributed by atoms with Crippen molar-refractivity contribution < 1.29 is 8.42 Å². The number of hydrogen-bond acceptors (Lipinski definition) is 4. The summed E-state index contributed by atoms with van der Waals surface area (Å²) in [5.74, 6) is 0.290. The van der Waals surface area contributed by atoms with Gasteiger partial charge in [-0.2, -0.15) is 0 Å².